The van der Waals surface area contributed by atoms with Crippen LogP contribution in [-0.2, 0) is 15.5 Å². The second-order valence-electron chi connectivity index (χ2n) is 8.29. The lowest BCUT2D eigenvalue weighted by atomic mass is 9.92. The smallest absolute Gasteiger partial charge is 0.354 e. The number of nitrogens with two attached hydrogens (primary N) is 1. The Kier molecular flexibility index (Phi) is 6.21. The molecule has 0 saturated heterocycles. The Morgan fingerprint density at radius 3 is 2.65 bits per heavy atom. The van der Waals surface area contributed by atoms with Gasteiger partial charge in [-0.2, -0.15) is 5.26 Å². The molecule has 2 amide bonds. The fraction of sp³-hybridized carbons (Fsp3) is 0.450. The number of aromatic nitrogens is 1. The molecule has 1 heterocycles. The first-order valence-electron chi connectivity index (χ1n) is 9.66. The highest BCUT2D eigenvalue weighted by atomic mass is 32.2. The van der Waals surface area contributed by atoms with Gasteiger partial charge in [-0.15, -0.1) is 15.7 Å². The van der Waals surface area contributed by atoms with Crippen LogP contribution in [0.25, 0.3) is 0 Å². The van der Waals surface area contributed by atoms with E-state index in [9.17, 15) is 23.8 Å². The van der Waals surface area contributed by atoms with Crippen molar-refractivity contribution in [2.75, 3.05) is 5.32 Å². The Morgan fingerprint density at radius 2 is 2.16 bits per heavy atom. The molecule has 1 aliphatic rings. The number of nitrogens with zero attached hydrogens (tertiary/aromatic N) is 3. The van der Waals surface area contributed by atoms with Crippen LogP contribution < -0.4 is 10.5 Å². The van der Waals surface area contributed by atoms with Gasteiger partial charge in [0, 0.05) is 5.56 Å². The van der Waals surface area contributed by atoms with Gasteiger partial charge in [0.2, 0.25) is 0 Å². The maximum absolute atomic E-state index is 14.9. The number of carbonyl (C=O) groups excluding carboxylic acids is 1. The minimum atomic E-state index is -3.63. The van der Waals surface area contributed by atoms with Gasteiger partial charge in [-0.1, -0.05) is 13.8 Å². The van der Waals surface area contributed by atoms with Crippen molar-refractivity contribution >= 4 is 33.0 Å². The van der Waals surface area contributed by atoms with Crippen LogP contribution in [0.4, 0.5) is 14.9 Å². The minimum absolute atomic E-state index is 0.0392. The second-order valence-corrected chi connectivity index (χ2v) is 11.3. The quantitative estimate of drug-likeness (QED) is 0.603. The summed E-state index contributed by atoms with van der Waals surface area (Å²) in [5.74, 6) is -0.902. The fourth-order valence-electron chi connectivity index (χ4n) is 3.16. The Balaban J connectivity index is 2.02. The number of aliphatic hydroxyl groups is 1. The topological polar surface area (TPSA) is 141 Å². The molecule has 0 spiro atoms. The molecule has 1 atom stereocenters. The summed E-state index contributed by atoms with van der Waals surface area (Å²) in [6, 6.07) is 2.33. The van der Waals surface area contributed by atoms with Crippen LogP contribution in [0.1, 0.15) is 74.1 Å². The van der Waals surface area contributed by atoms with Gasteiger partial charge >= 0.3 is 6.03 Å². The molecule has 1 aromatic heterocycles. The third-order valence-corrected chi connectivity index (χ3v) is 7.98. The maximum atomic E-state index is 14.9. The SMILES string of the molecule is CC(C)c1c(F)c(C#N)cc(C2CC2)c1NC(=O)N=S(N)(=O)c1cnc(C(C)(C)O)s1. The summed E-state index contributed by atoms with van der Waals surface area (Å²) in [5, 5.41) is 28.0. The largest absolute Gasteiger partial charge is 0.383 e. The lowest BCUT2D eigenvalue weighted by Crippen LogP contribution is -2.19. The summed E-state index contributed by atoms with van der Waals surface area (Å²) in [6.45, 7) is 6.55. The van der Waals surface area contributed by atoms with E-state index >= 15 is 0 Å². The molecular formula is C20H24FN5O3S2. The highest BCUT2D eigenvalue weighted by molar-refractivity contribution is 7.93. The van der Waals surface area contributed by atoms with Crippen LogP contribution in [0.3, 0.4) is 0 Å². The monoisotopic (exact) mass is 465 g/mol. The lowest BCUT2D eigenvalue weighted by Gasteiger charge is -2.19. The fourth-order valence-corrected chi connectivity index (χ4v) is 5.22. The first-order valence-corrected chi connectivity index (χ1v) is 12.1. The number of carbonyl (C=O) groups is 1. The first-order chi connectivity index (χ1) is 14.3. The van der Waals surface area contributed by atoms with Gasteiger partial charge in [-0.05, 0) is 50.2 Å². The number of hydrogen-bond acceptors (Lipinski definition) is 6. The Labute approximate surface area is 184 Å². The molecule has 0 bridgehead atoms. The molecule has 11 heteroatoms. The standard InChI is InChI=1S/C20H24FN5O3S2/c1-10(2)15-16(21)12(8-22)7-13(11-5-6-11)17(15)25-19(27)26-31(23,29)14-9-24-18(30-14)20(3,4)28/h7,9-11,28H,5-6H2,1-4H3,(H3,23,25,26,27,29). The van der Waals surface area contributed by atoms with Crippen LogP contribution in [-0.4, -0.2) is 20.3 Å². The number of urea groups is 1. The predicted octanol–water partition coefficient (Wildman–Crippen LogP) is 4.31. The van der Waals surface area contributed by atoms with Crippen molar-refractivity contribution in [1.82, 2.24) is 4.98 Å². The Bertz CT molecular complexity index is 1200. The van der Waals surface area contributed by atoms with Crippen LogP contribution in [0, 0.1) is 17.1 Å². The van der Waals surface area contributed by atoms with E-state index in [1.165, 1.54) is 26.1 Å². The second kappa shape index (κ2) is 8.27. The molecule has 0 radical (unpaired) electrons. The zero-order valence-electron chi connectivity index (χ0n) is 17.6. The van der Waals surface area contributed by atoms with E-state index in [1.807, 2.05) is 6.07 Å². The third kappa shape index (κ3) is 4.93. The summed E-state index contributed by atoms with van der Waals surface area (Å²) < 4.78 is 31.4. The number of thiazole rings is 1. The van der Waals surface area contributed by atoms with Crippen LogP contribution >= 0.6 is 11.3 Å². The van der Waals surface area contributed by atoms with Crippen molar-refractivity contribution in [2.45, 2.75) is 62.2 Å². The molecule has 1 aliphatic carbocycles. The highest BCUT2D eigenvalue weighted by Gasteiger charge is 2.32. The van der Waals surface area contributed by atoms with E-state index in [4.69, 9.17) is 5.14 Å². The number of hydrogen-bond donors (Lipinski definition) is 3. The summed E-state index contributed by atoms with van der Waals surface area (Å²) in [7, 11) is -3.63. The van der Waals surface area contributed by atoms with Crippen molar-refractivity contribution in [3.63, 3.8) is 0 Å². The zero-order chi connectivity index (χ0) is 23.1. The van der Waals surface area contributed by atoms with Gasteiger partial charge in [0.15, 0.2) is 9.92 Å². The average Bonchev–Trinajstić information content (AvgIpc) is 3.33. The van der Waals surface area contributed by atoms with Crippen molar-refractivity contribution in [1.29, 1.82) is 5.26 Å². The summed E-state index contributed by atoms with van der Waals surface area (Å²) in [6.07, 6.45) is 2.94. The number of nitriles is 1. The molecule has 1 aromatic carbocycles. The molecule has 1 unspecified atom stereocenters. The summed E-state index contributed by atoms with van der Waals surface area (Å²) in [4.78, 5) is 16.6. The van der Waals surface area contributed by atoms with Gasteiger partial charge in [0.25, 0.3) is 0 Å². The number of halogens is 1. The van der Waals surface area contributed by atoms with Gasteiger partial charge in [-0.3, -0.25) is 0 Å². The molecule has 1 fully saturated rings. The van der Waals surface area contributed by atoms with Gasteiger partial charge in [0.05, 0.1) is 17.4 Å². The van der Waals surface area contributed by atoms with Gasteiger partial charge in [0.1, 0.15) is 26.7 Å². The van der Waals surface area contributed by atoms with Crippen molar-refractivity contribution in [2.24, 2.45) is 9.50 Å². The van der Waals surface area contributed by atoms with Crippen LogP contribution in [0.5, 0.6) is 0 Å². The van der Waals surface area contributed by atoms with Crippen LogP contribution in [0.15, 0.2) is 20.8 Å². The Morgan fingerprint density at radius 1 is 1.52 bits per heavy atom. The van der Waals surface area contributed by atoms with Crippen molar-refractivity contribution in [3.05, 3.63) is 39.8 Å². The number of amides is 2. The van der Waals surface area contributed by atoms with E-state index in [-0.39, 0.29) is 37.9 Å². The summed E-state index contributed by atoms with van der Waals surface area (Å²) in [5.41, 5.74) is -0.219. The van der Waals surface area contributed by atoms with E-state index in [1.54, 1.807) is 13.8 Å². The molecule has 4 N–H and O–H groups in total. The molecule has 1 saturated carbocycles. The lowest BCUT2D eigenvalue weighted by molar-refractivity contribution is 0.0783. The van der Waals surface area contributed by atoms with Gasteiger partial charge in [-0.25, -0.2) is 23.5 Å². The van der Waals surface area contributed by atoms with E-state index in [0.717, 1.165) is 24.2 Å². The predicted molar refractivity (Wildman–Crippen MR) is 117 cm³/mol. The third-order valence-electron chi connectivity index (χ3n) is 4.79. The first kappa shape index (κ1) is 23.3. The van der Waals surface area contributed by atoms with Crippen LogP contribution in [0.2, 0.25) is 0 Å². The molecule has 0 aliphatic heterocycles. The summed E-state index contributed by atoms with van der Waals surface area (Å²) >= 11 is 0.897. The van der Waals surface area contributed by atoms with E-state index in [2.05, 4.69) is 14.7 Å². The molecule has 8 nitrogen and oxygen atoms in total. The number of benzene rings is 1. The van der Waals surface area contributed by atoms with Crippen molar-refractivity contribution < 1.29 is 18.5 Å². The highest BCUT2D eigenvalue weighted by Crippen LogP contribution is 2.47. The maximum Gasteiger partial charge on any atom is 0.354 e. The van der Waals surface area contributed by atoms with Gasteiger partial charge < -0.3 is 10.4 Å². The van der Waals surface area contributed by atoms with Crippen molar-refractivity contribution in [3.8, 4) is 6.07 Å². The molecule has 2 aromatic rings. The minimum Gasteiger partial charge on any atom is -0.383 e. The number of anilines is 1. The van der Waals surface area contributed by atoms with E-state index in [0.29, 0.717) is 5.56 Å². The number of rotatable bonds is 5. The normalized spacial score (nSPS) is 16.0. The molecule has 166 valence electrons. The van der Waals surface area contributed by atoms with E-state index < -0.39 is 27.4 Å². The zero-order valence-corrected chi connectivity index (χ0v) is 19.2. The average molecular weight is 466 g/mol. The number of nitrogens with one attached hydrogen (secondary N) is 1. The molecular weight excluding hydrogens is 441 g/mol. The molecule has 3 rings (SSSR count). The molecule has 31 heavy (non-hydrogen) atoms. The Hall–Kier alpha value is -2.39.